The summed E-state index contributed by atoms with van der Waals surface area (Å²) in [6.45, 7) is 5.75. The first-order valence-electron chi connectivity index (χ1n) is 7.28. The standard InChI is InChI=1S/C16H27N3O/c1-13(2)19(3)12-11-18-16(20)15(17)10-9-14-7-5-4-6-8-14/h4-8,13,15H,9-12,17H2,1-3H3,(H,18,20). The first kappa shape index (κ1) is 16.7. The monoisotopic (exact) mass is 277 g/mol. The molecule has 0 aliphatic carbocycles. The molecular weight excluding hydrogens is 250 g/mol. The van der Waals surface area contributed by atoms with Gasteiger partial charge in [0.1, 0.15) is 0 Å². The summed E-state index contributed by atoms with van der Waals surface area (Å²) in [7, 11) is 2.05. The normalized spacial score (nSPS) is 12.7. The van der Waals surface area contributed by atoms with E-state index in [-0.39, 0.29) is 5.91 Å². The lowest BCUT2D eigenvalue weighted by atomic mass is 10.1. The second kappa shape index (κ2) is 8.72. The van der Waals surface area contributed by atoms with Crippen molar-refractivity contribution >= 4 is 5.91 Å². The van der Waals surface area contributed by atoms with E-state index in [9.17, 15) is 4.79 Å². The zero-order valence-corrected chi connectivity index (χ0v) is 12.8. The van der Waals surface area contributed by atoms with Crippen molar-refractivity contribution in [3.63, 3.8) is 0 Å². The number of carbonyl (C=O) groups is 1. The molecule has 0 aliphatic heterocycles. The number of nitrogens with two attached hydrogens (primary N) is 1. The van der Waals surface area contributed by atoms with Gasteiger partial charge in [-0.2, -0.15) is 0 Å². The molecular formula is C16H27N3O. The average Bonchev–Trinajstić information content (AvgIpc) is 2.45. The number of hydrogen-bond acceptors (Lipinski definition) is 3. The Morgan fingerprint density at radius 3 is 2.55 bits per heavy atom. The van der Waals surface area contributed by atoms with Crippen molar-refractivity contribution in [2.75, 3.05) is 20.1 Å². The van der Waals surface area contributed by atoms with Crippen LogP contribution in [0.2, 0.25) is 0 Å². The Labute approximate surface area is 122 Å². The fourth-order valence-corrected chi connectivity index (χ4v) is 1.84. The molecule has 4 nitrogen and oxygen atoms in total. The Balaban J connectivity index is 2.22. The number of rotatable bonds is 8. The second-order valence-corrected chi connectivity index (χ2v) is 5.50. The Hall–Kier alpha value is -1.39. The molecule has 1 amide bonds. The predicted octanol–water partition coefficient (Wildman–Crippen LogP) is 1.40. The van der Waals surface area contributed by atoms with Gasteiger partial charge in [0.15, 0.2) is 0 Å². The van der Waals surface area contributed by atoms with Crippen molar-refractivity contribution in [3.8, 4) is 0 Å². The van der Waals surface area contributed by atoms with E-state index in [1.165, 1.54) is 5.56 Å². The van der Waals surface area contributed by atoms with Gasteiger partial charge in [-0.25, -0.2) is 0 Å². The highest BCUT2D eigenvalue weighted by atomic mass is 16.2. The van der Waals surface area contributed by atoms with Crippen LogP contribution in [0.3, 0.4) is 0 Å². The maximum absolute atomic E-state index is 11.9. The molecule has 4 heteroatoms. The van der Waals surface area contributed by atoms with Crippen molar-refractivity contribution in [2.45, 2.75) is 38.8 Å². The molecule has 0 saturated heterocycles. The number of hydrogen-bond donors (Lipinski definition) is 2. The van der Waals surface area contributed by atoms with Gasteiger partial charge in [-0.05, 0) is 39.3 Å². The highest BCUT2D eigenvalue weighted by molar-refractivity contribution is 5.81. The molecule has 0 radical (unpaired) electrons. The smallest absolute Gasteiger partial charge is 0.236 e. The summed E-state index contributed by atoms with van der Waals surface area (Å²) in [5, 5.41) is 2.90. The molecule has 1 unspecified atom stereocenters. The number of carbonyl (C=O) groups excluding carboxylic acids is 1. The van der Waals surface area contributed by atoms with E-state index in [2.05, 4.69) is 36.2 Å². The Morgan fingerprint density at radius 1 is 1.30 bits per heavy atom. The third-order valence-electron chi connectivity index (χ3n) is 3.57. The minimum Gasteiger partial charge on any atom is -0.353 e. The first-order valence-corrected chi connectivity index (χ1v) is 7.28. The molecule has 0 saturated carbocycles. The SMILES string of the molecule is CC(C)N(C)CCNC(=O)C(N)CCc1ccccc1. The van der Waals surface area contributed by atoms with Crippen LogP contribution in [0.5, 0.6) is 0 Å². The van der Waals surface area contributed by atoms with Gasteiger partial charge < -0.3 is 16.0 Å². The van der Waals surface area contributed by atoms with E-state index in [0.29, 0.717) is 19.0 Å². The van der Waals surface area contributed by atoms with Crippen LogP contribution in [0.1, 0.15) is 25.8 Å². The lowest BCUT2D eigenvalue weighted by Gasteiger charge is -2.21. The van der Waals surface area contributed by atoms with Crippen LogP contribution in [0.25, 0.3) is 0 Å². The van der Waals surface area contributed by atoms with Crippen LogP contribution >= 0.6 is 0 Å². The van der Waals surface area contributed by atoms with Gasteiger partial charge in [-0.3, -0.25) is 4.79 Å². The Kier molecular flexibility index (Phi) is 7.26. The quantitative estimate of drug-likeness (QED) is 0.755. The number of likely N-dealkylation sites (N-methyl/N-ethyl adjacent to an activating group) is 1. The summed E-state index contributed by atoms with van der Waals surface area (Å²) in [6.07, 6.45) is 1.51. The molecule has 112 valence electrons. The highest BCUT2D eigenvalue weighted by Gasteiger charge is 2.13. The van der Waals surface area contributed by atoms with Crippen molar-refractivity contribution in [1.29, 1.82) is 0 Å². The second-order valence-electron chi connectivity index (χ2n) is 5.50. The molecule has 1 atom stereocenters. The van der Waals surface area contributed by atoms with E-state index in [1.807, 2.05) is 25.2 Å². The first-order chi connectivity index (χ1) is 9.50. The molecule has 0 heterocycles. The van der Waals surface area contributed by atoms with Crippen LogP contribution < -0.4 is 11.1 Å². The van der Waals surface area contributed by atoms with Gasteiger partial charge in [0.05, 0.1) is 6.04 Å². The summed E-state index contributed by atoms with van der Waals surface area (Å²) in [4.78, 5) is 14.1. The maximum atomic E-state index is 11.9. The van der Waals surface area contributed by atoms with Crippen LogP contribution in [-0.2, 0) is 11.2 Å². The van der Waals surface area contributed by atoms with Gasteiger partial charge in [0.25, 0.3) is 0 Å². The number of amides is 1. The third-order valence-corrected chi connectivity index (χ3v) is 3.57. The van der Waals surface area contributed by atoms with Crippen molar-refractivity contribution in [3.05, 3.63) is 35.9 Å². The van der Waals surface area contributed by atoms with Gasteiger partial charge in [-0.1, -0.05) is 30.3 Å². The molecule has 20 heavy (non-hydrogen) atoms. The van der Waals surface area contributed by atoms with Crippen LogP contribution in [-0.4, -0.2) is 43.0 Å². The zero-order valence-electron chi connectivity index (χ0n) is 12.8. The number of nitrogens with one attached hydrogen (secondary N) is 1. The average molecular weight is 277 g/mol. The minimum absolute atomic E-state index is 0.0573. The molecule has 1 aromatic carbocycles. The van der Waals surface area contributed by atoms with Gasteiger partial charge in [-0.15, -0.1) is 0 Å². The van der Waals surface area contributed by atoms with Crippen LogP contribution in [0.4, 0.5) is 0 Å². The van der Waals surface area contributed by atoms with Gasteiger partial charge in [0.2, 0.25) is 5.91 Å². The van der Waals surface area contributed by atoms with Crippen molar-refractivity contribution in [2.24, 2.45) is 5.73 Å². The topological polar surface area (TPSA) is 58.4 Å². The van der Waals surface area contributed by atoms with E-state index >= 15 is 0 Å². The number of benzene rings is 1. The Morgan fingerprint density at radius 2 is 1.95 bits per heavy atom. The van der Waals surface area contributed by atoms with Crippen LogP contribution in [0.15, 0.2) is 30.3 Å². The maximum Gasteiger partial charge on any atom is 0.236 e. The molecule has 0 fully saturated rings. The van der Waals surface area contributed by atoms with Crippen LogP contribution in [0, 0.1) is 0 Å². The summed E-state index contributed by atoms with van der Waals surface area (Å²) < 4.78 is 0. The lowest BCUT2D eigenvalue weighted by Crippen LogP contribution is -2.44. The summed E-state index contributed by atoms with van der Waals surface area (Å²) in [6, 6.07) is 10.2. The summed E-state index contributed by atoms with van der Waals surface area (Å²) in [5.74, 6) is -0.0573. The van der Waals surface area contributed by atoms with Gasteiger partial charge in [0, 0.05) is 19.1 Å². The number of nitrogens with zero attached hydrogens (tertiary/aromatic N) is 1. The summed E-state index contributed by atoms with van der Waals surface area (Å²) >= 11 is 0. The van der Waals surface area contributed by atoms with Gasteiger partial charge >= 0.3 is 0 Å². The van der Waals surface area contributed by atoms with Crippen molar-refractivity contribution in [1.82, 2.24) is 10.2 Å². The molecule has 1 rings (SSSR count). The van der Waals surface area contributed by atoms with E-state index in [4.69, 9.17) is 5.73 Å². The third kappa shape index (κ3) is 6.17. The lowest BCUT2D eigenvalue weighted by molar-refractivity contribution is -0.122. The Bertz CT molecular complexity index is 392. The van der Waals surface area contributed by atoms with E-state index in [1.54, 1.807) is 0 Å². The molecule has 0 aromatic heterocycles. The fourth-order valence-electron chi connectivity index (χ4n) is 1.84. The predicted molar refractivity (Wildman–Crippen MR) is 83.5 cm³/mol. The molecule has 3 N–H and O–H groups in total. The number of aryl methyl sites for hydroxylation is 1. The summed E-state index contributed by atoms with van der Waals surface area (Å²) in [5.41, 5.74) is 7.13. The highest BCUT2D eigenvalue weighted by Crippen LogP contribution is 2.04. The molecule has 0 bridgehead atoms. The zero-order chi connectivity index (χ0) is 15.0. The van der Waals surface area contributed by atoms with E-state index < -0.39 is 6.04 Å². The van der Waals surface area contributed by atoms with Crippen molar-refractivity contribution < 1.29 is 4.79 Å². The molecule has 0 spiro atoms. The minimum atomic E-state index is -0.431. The molecule has 1 aromatic rings. The molecule has 0 aliphatic rings. The van der Waals surface area contributed by atoms with E-state index in [0.717, 1.165) is 13.0 Å². The largest absolute Gasteiger partial charge is 0.353 e. The fraction of sp³-hybridized carbons (Fsp3) is 0.562.